The van der Waals surface area contributed by atoms with Crippen molar-refractivity contribution in [1.82, 2.24) is 4.98 Å². The number of hydrogen-bond acceptors (Lipinski definition) is 3. The first-order chi connectivity index (χ1) is 8.36. The predicted octanol–water partition coefficient (Wildman–Crippen LogP) is 4.98. The van der Waals surface area contributed by atoms with Gasteiger partial charge in [0, 0.05) is 10.1 Å². The quantitative estimate of drug-likeness (QED) is 0.646. The van der Waals surface area contributed by atoms with Crippen LogP contribution in [0.3, 0.4) is 0 Å². The van der Waals surface area contributed by atoms with Gasteiger partial charge in [-0.15, -0.1) is 22.7 Å². The van der Waals surface area contributed by atoms with E-state index in [1.807, 2.05) is 11.3 Å². The smallest absolute Gasteiger partial charge is 0.0932 e. The molecule has 17 heavy (non-hydrogen) atoms. The molecule has 2 aromatic heterocycles. The highest BCUT2D eigenvalue weighted by Crippen LogP contribution is 2.33. The zero-order valence-corrected chi connectivity index (χ0v) is 11.3. The maximum Gasteiger partial charge on any atom is 0.0932 e. The second-order valence-corrected chi connectivity index (χ2v) is 6.05. The summed E-state index contributed by atoms with van der Waals surface area (Å²) in [7, 11) is 0. The van der Waals surface area contributed by atoms with E-state index in [4.69, 9.17) is 4.98 Å². The van der Waals surface area contributed by atoms with Crippen molar-refractivity contribution in [3.05, 3.63) is 40.7 Å². The third-order valence-electron chi connectivity index (χ3n) is 2.69. The third kappa shape index (κ3) is 2.13. The van der Waals surface area contributed by atoms with Crippen LogP contribution in [0.25, 0.3) is 20.7 Å². The summed E-state index contributed by atoms with van der Waals surface area (Å²) < 4.78 is 1.34. The van der Waals surface area contributed by atoms with Gasteiger partial charge in [0.15, 0.2) is 0 Å². The molecule has 1 aromatic carbocycles. The number of rotatable bonds is 3. The Morgan fingerprint density at radius 1 is 1.24 bits per heavy atom. The van der Waals surface area contributed by atoms with Crippen LogP contribution in [0.2, 0.25) is 0 Å². The van der Waals surface area contributed by atoms with E-state index in [2.05, 4.69) is 42.6 Å². The molecule has 86 valence electrons. The van der Waals surface area contributed by atoms with E-state index in [0.29, 0.717) is 0 Å². The molecule has 0 saturated heterocycles. The molecule has 0 aliphatic rings. The summed E-state index contributed by atoms with van der Waals surface area (Å²) in [5, 5.41) is 4.74. The molecule has 3 aromatic rings. The fourth-order valence-electron chi connectivity index (χ4n) is 1.86. The number of thiophene rings is 1. The number of benzene rings is 1. The molecule has 1 nitrogen and oxygen atoms in total. The Morgan fingerprint density at radius 2 is 2.12 bits per heavy atom. The Hall–Kier alpha value is -1.19. The lowest BCUT2D eigenvalue weighted by Gasteiger charge is -1.89. The van der Waals surface area contributed by atoms with Crippen LogP contribution in [0.4, 0.5) is 0 Å². The number of aryl methyl sites for hydroxylation is 1. The van der Waals surface area contributed by atoms with E-state index in [1.54, 1.807) is 11.3 Å². The highest BCUT2D eigenvalue weighted by Gasteiger charge is 2.07. The SMILES string of the molecule is CCCc1nc(-c2cc3ccccc3s2)cs1. The maximum atomic E-state index is 4.69. The van der Waals surface area contributed by atoms with Crippen molar-refractivity contribution in [3.63, 3.8) is 0 Å². The molecule has 3 heteroatoms. The van der Waals surface area contributed by atoms with Crippen molar-refractivity contribution in [2.75, 3.05) is 0 Å². The van der Waals surface area contributed by atoms with Crippen molar-refractivity contribution in [2.45, 2.75) is 19.8 Å². The minimum absolute atomic E-state index is 1.09. The van der Waals surface area contributed by atoms with Crippen LogP contribution < -0.4 is 0 Å². The number of aromatic nitrogens is 1. The number of thiazole rings is 1. The largest absolute Gasteiger partial charge is 0.240 e. The molecule has 0 bridgehead atoms. The van der Waals surface area contributed by atoms with E-state index in [-0.39, 0.29) is 0 Å². The highest BCUT2D eigenvalue weighted by atomic mass is 32.1. The second kappa shape index (κ2) is 4.59. The second-order valence-electron chi connectivity index (χ2n) is 4.02. The van der Waals surface area contributed by atoms with Gasteiger partial charge in [-0.1, -0.05) is 25.1 Å². The van der Waals surface area contributed by atoms with Crippen LogP contribution in [-0.2, 0) is 6.42 Å². The number of hydrogen-bond donors (Lipinski definition) is 0. The molecule has 0 fully saturated rings. The van der Waals surface area contributed by atoms with Crippen molar-refractivity contribution < 1.29 is 0 Å². The van der Waals surface area contributed by atoms with E-state index in [0.717, 1.165) is 12.1 Å². The molecule has 0 spiro atoms. The van der Waals surface area contributed by atoms with E-state index < -0.39 is 0 Å². The number of fused-ring (bicyclic) bond motifs is 1. The van der Waals surface area contributed by atoms with Gasteiger partial charge in [-0.25, -0.2) is 4.98 Å². The van der Waals surface area contributed by atoms with Crippen LogP contribution in [0, 0.1) is 0 Å². The summed E-state index contributed by atoms with van der Waals surface area (Å²) in [6.45, 7) is 2.19. The summed E-state index contributed by atoms with van der Waals surface area (Å²) in [5.74, 6) is 0. The van der Waals surface area contributed by atoms with Gasteiger partial charge in [0.25, 0.3) is 0 Å². The van der Waals surface area contributed by atoms with Gasteiger partial charge < -0.3 is 0 Å². The topological polar surface area (TPSA) is 12.9 Å². The molecule has 0 saturated carbocycles. The summed E-state index contributed by atoms with van der Waals surface area (Å²) in [6.07, 6.45) is 2.26. The molecule has 0 amide bonds. The summed E-state index contributed by atoms with van der Waals surface area (Å²) in [4.78, 5) is 5.98. The van der Waals surface area contributed by atoms with Gasteiger partial charge in [-0.3, -0.25) is 0 Å². The van der Waals surface area contributed by atoms with Crippen LogP contribution in [0.5, 0.6) is 0 Å². The Bertz CT molecular complexity index is 603. The van der Waals surface area contributed by atoms with E-state index in [1.165, 1.54) is 26.4 Å². The van der Waals surface area contributed by atoms with Crippen LogP contribution in [0.15, 0.2) is 35.7 Å². The average molecular weight is 259 g/mol. The van der Waals surface area contributed by atoms with Crippen molar-refractivity contribution >= 4 is 32.8 Å². The molecule has 0 radical (unpaired) electrons. The molecule has 0 unspecified atom stereocenters. The fourth-order valence-corrected chi connectivity index (χ4v) is 3.86. The van der Waals surface area contributed by atoms with Crippen LogP contribution in [0.1, 0.15) is 18.4 Å². The molecule has 0 N–H and O–H groups in total. The summed E-state index contributed by atoms with van der Waals surface area (Å²) in [6, 6.07) is 10.7. The summed E-state index contributed by atoms with van der Waals surface area (Å²) in [5.41, 5.74) is 1.14. The number of nitrogens with zero attached hydrogens (tertiary/aromatic N) is 1. The minimum Gasteiger partial charge on any atom is -0.240 e. The van der Waals surface area contributed by atoms with Gasteiger partial charge >= 0.3 is 0 Å². The first kappa shape index (κ1) is 10.9. The minimum atomic E-state index is 1.09. The normalized spacial score (nSPS) is 11.1. The Morgan fingerprint density at radius 3 is 2.94 bits per heavy atom. The molecular formula is C14H13NS2. The Balaban J connectivity index is 2.01. The molecule has 0 aliphatic carbocycles. The monoisotopic (exact) mass is 259 g/mol. The van der Waals surface area contributed by atoms with Crippen molar-refractivity contribution in [1.29, 1.82) is 0 Å². The summed E-state index contributed by atoms with van der Waals surface area (Å²) >= 11 is 3.60. The van der Waals surface area contributed by atoms with Crippen molar-refractivity contribution in [2.24, 2.45) is 0 Å². The van der Waals surface area contributed by atoms with Gasteiger partial charge in [0.2, 0.25) is 0 Å². The molecule has 0 aliphatic heterocycles. The first-order valence-corrected chi connectivity index (χ1v) is 7.50. The third-order valence-corrected chi connectivity index (χ3v) is 4.74. The fraction of sp³-hybridized carbons (Fsp3) is 0.214. The van der Waals surface area contributed by atoms with E-state index >= 15 is 0 Å². The Labute approximate surface area is 109 Å². The molecular weight excluding hydrogens is 246 g/mol. The maximum absolute atomic E-state index is 4.69. The lowest BCUT2D eigenvalue weighted by Crippen LogP contribution is -1.80. The van der Waals surface area contributed by atoms with Gasteiger partial charge in [-0.05, 0) is 30.4 Å². The molecule has 3 rings (SSSR count). The van der Waals surface area contributed by atoms with Crippen molar-refractivity contribution in [3.8, 4) is 10.6 Å². The lowest BCUT2D eigenvalue weighted by atomic mass is 10.2. The van der Waals surface area contributed by atoms with Crippen LogP contribution in [-0.4, -0.2) is 4.98 Å². The molecule has 2 heterocycles. The Kier molecular flexibility index (Phi) is 2.95. The highest BCUT2D eigenvalue weighted by molar-refractivity contribution is 7.22. The van der Waals surface area contributed by atoms with Gasteiger partial charge in [0.05, 0.1) is 15.6 Å². The van der Waals surface area contributed by atoms with Crippen LogP contribution >= 0.6 is 22.7 Å². The van der Waals surface area contributed by atoms with Gasteiger partial charge in [-0.2, -0.15) is 0 Å². The zero-order valence-electron chi connectivity index (χ0n) is 9.64. The standard InChI is InChI=1S/C14H13NS2/c1-2-5-14-15-11(9-16-14)13-8-10-6-3-4-7-12(10)17-13/h3-4,6-9H,2,5H2,1H3. The zero-order chi connectivity index (χ0) is 11.7. The lowest BCUT2D eigenvalue weighted by molar-refractivity contribution is 0.910. The molecule has 0 atom stereocenters. The first-order valence-electron chi connectivity index (χ1n) is 5.80. The predicted molar refractivity (Wildman–Crippen MR) is 76.9 cm³/mol. The van der Waals surface area contributed by atoms with E-state index in [9.17, 15) is 0 Å². The average Bonchev–Trinajstić information content (AvgIpc) is 2.94. The van der Waals surface area contributed by atoms with Gasteiger partial charge in [0.1, 0.15) is 0 Å².